The van der Waals surface area contributed by atoms with Crippen molar-refractivity contribution in [1.29, 1.82) is 0 Å². The first-order valence-corrected chi connectivity index (χ1v) is 12.8. The topological polar surface area (TPSA) is 94.8 Å². The van der Waals surface area contributed by atoms with Gasteiger partial charge in [0, 0.05) is 23.6 Å². The SMILES string of the molecule is COc1cc2c(cc1OC)C(=Cc1oc3c(c1CS(=O)(=O)c1ccccc1)CCCC3)C(=O)N2. The van der Waals surface area contributed by atoms with Gasteiger partial charge in [0.1, 0.15) is 11.5 Å². The number of methoxy groups -OCH3 is 2. The zero-order chi connectivity index (χ0) is 23.9. The molecule has 176 valence electrons. The second-order valence-electron chi connectivity index (χ2n) is 8.39. The molecule has 7 nitrogen and oxygen atoms in total. The summed E-state index contributed by atoms with van der Waals surface area (Å²) in [4.78, 5) is 13.1. The molecular formula is C26H25NO6S. The van der Waals surface area contributed by atoms with Crippen LogP contribution in [0.3, 0.4) is 0 Å². The maximum absolute atomic E-state index is 13.2. The Morgan fingerprint density at radius 2 is 1.74 bits per heavy atom. The molecule has 2 aromatic carbocycles. The largest absolute Gasteiger partial charge is 0.493 e. The molecule has 1 aliphatic heterocycles. The third-order valence-electron chi connectivity index (χ3n) is 6.33. The van der Waals surface area contributed by atoms with Crippen LogP contribution in [0, 0.1) is 0 Å². The van der Waals surface area contributed by atoms with Gasteiger partial charge < -0.3 is 19.2 Å². The van der Waals surface area contributed by atoms with E-state index in [-0.39, 0.29) is 16.6 Å². The van der Waals surface area contributed by atoms with Gasteiger partial charge >= 0.3 is 0 Å². The molecule has 8 heteroatoms. The second kappa shape index (κ2) is 8.68. The third kappa shape index (κ3) is 3.88. The molecule has 5 rings (SSSR count). The number of carbonyl (C=O) groups is 1. The Balaban J connectivity index is 1.62. The maximum atomic E-state index is 13.2. The van der Waals surface area contributed by atoms with E-state index in [2.05, 4.69) is 5.32 Å². The number of carbonyl (C=O) groups excluding carboxylic acids is 1. The number of benzene rings is 2. The number of hydrogen-bond donors (Lipinski definition) is 1. The van der Waals surface area contributed by atoms with Crippen molar-refractivity contribution in [2.45, 2.75) is 36.3 Å². The zero-order valence-electron chi connectivity index (χ0n) is 19.0. The van der Waals surface area contributed by atoms with Gasteiger partial charge in [-0.05, 0) is 49.1 Å². The Hall–Kier alpha value is -3.52. The molecule has 0 unspecified atom stereocenters. The number of sulfone groups is 1. The highest BCUT2D eigenvalue weighted by molar-refractivity contribution is 7.90. The number of nitrogens with one attached hydrogen (secondary N) is 1. The number of furan rings is 1. The quantitative estimate of drug-likeness (QED) is 0.518. The average molecular weight is 480 g/mol. The molecule has 1 amide bonds. The molecule has 1 N–H and O–H groups in total. The minimum atomic E-state index is -3.59. The molecule has 2 aliphatic rings. The second-order valence-corrected chi connectivity index (χ2v) is 10.4. The minimum absolute atomic E-state index is 0.185. The lowest BCUT2D eigenvalue weighted by atomic mass is 9.95. The lowest BCUT2D eigenvalue weighted by Gasteiger charge is -2.11. The lowest BCUT2D eigenvalue weighted by Crippen LogP contribution is -2.09. The third-order valence-corrected chi connectivity index (χ3v) is 7.99. The highest BCUT2D eigenvalue weighted by Crippen LogP contribution is 2.42. The first kappa shape index (κ1) is 22.3. The van der Waals surface area contributed by atoms with Crippen LogP contribution >= 0.6 is 0 Å². The van der Waals surface area contributed by atoms with Crippen LogP contribution < -0.4 is 14.8 Å². The van der Waals surface area contributed by atoms with Crippen molar-refractivity contribution in [3.05, 3.63) is 70.7 Å². The molecule has 34 heavy (non-hydrogen) atoms. The van der Waals surface area contributed by atoms with Gasteiger partial charge in [-0.25, -0.2) is 8.42 Å². The molecule has 0 radical (unpaired) electrons. The van der Waals surface area contributed by atoms with Gasteiger partial charge in [0.05, 0.1) is 36.1 Å². The molecule has 1 aromatic heterocycles. The van der Waals surface area contributed by atoms with Gasteiger partial charge in [-0.3, -0.25) is 4.79 Å². The summed E-state index contributed by atoms with van der Waals surface area (Å²) in [6, 6.07) is 11.8. The Bertz CT molecular complexity index is 1400. The van der Waals surface area contributed by atoms with E-state index in [0.717, 1.165) is 37.0 Å². The van der Waals surface area contributed by atoms with Crippen molar-refractivity contribution in [1.82, 2.24) is 0 Å². The summed E-state index contributed by atoms with van der Waals surface area (Å²) in [5.41, 5.74) is 3.22. The van der Waals surface area contributed by atoms with Crippen LogP contribution in [0.4, 0.5) is 5.69 Å². The Kier molecular flexibility index (Phi) is 5.69. The molecule has 0 fully saturated rings. The average Bonchev–Trinajstić information content (AvgIpc) is 3.34. The van der Waals surface area contributed by atoms with Crippen molar-refractivity contribution in [3.63, 3.8) is 0 Å². The molecular weight excluding hydrogens is 454 g/mol. The molecule has 2 heterocycles. The minimum Gasteiger partial charge on any atom is -0.493 e. The molecule has 1 aliphatic carbocycles. The molecule has 3 aromatic rings. The summed E-state index contributed by atoms with van der Waals surface area (Å²) >= 11 is 0. The lowest BCUT2D eigenvalue weighted by molar-refractivity contribution is -0.110. The predicted octanol–water partition coefficient (Wildman–Crippen LogP) is 4.64. The van der Waals surface area contributed by atoms with E-state index in [1.165, 1.54) is 14.2 Å². The van der Waals surface area contributed by atoms with Gasteiger partial charge in [-0.2, -0.15) is 0 Å². The van der Waals surface area contributed by atoms with Gasteiger partial charge in [0.25, 0.3) is 5.91 Å². The van der Waals surface area contributed by atoms with E-state index >= 15 is 0 Å². The van der Waals surface area contributed by atoms with E-state index in [1.54, 1.807) is 48.5 Å². The van der Waals surface area contributed by atoms with Crippen molar-refractivity contribution >= 4 is 33.1 Å². The Morgan fingerprint density at radius 3 is 2.47 bits per heavy atom. The highest BCUT2D eigenvalue weighted by atomic mass is 32.2. The number of hydrogen-bond acceptors (Lipinski definition) is 6. The van der Waals surface area contributed by atoms with Crippen molar-refractivity contribution in [3.8, 4) is 11.5 Å². The van der Waals surface area contributed by atoms with Crippen LogP contribution in [0.15, 0.2) is 51.8 Å². The van der Waals surface area contributed by atoms with Crippen LogP contribution in [0.5, 0.6) is 11.5 Å². The van der Waals surface area contributed by atoms with Gasteiger partial charge in [-0.15, -0.1) is 0 Å². The Labute approximate surface area is 198 Å². The summed E-state index contributed by atoms with van der Waals surface area (Å²) < 4.78 is 43.4. The summed E-state index contributed by atoms with van der Waals surface area (Å²) in [6.07, 6.45) is 5.13. The smallest absolute Gasteiger partial charge is 0.256 e. The van der Waals surface area contributed by atoms with Crippen LogP contribution in [-0.2, 0) is 33.2 Å². The van der Waals surface area contributed by atoms with Crippen LogP contribution in [0.2, 0.25) is 0 Å². The zero-order valence-corrected chi connectivity index (χ0v) is 19.8. The summed E-state index contributed by atoms with van der Waals surface area (Å²) in [6.45, 7) is 0. The van der Waals surface area contributed by atoms with E-state index in [1.807, 2.05) is 0 Å². The standard InChI is InChI=1S/C26H25NO6S/c1-31-24-12-18-19(26(28)27-21(18)14-25(24)32-2)13-23-20(17-10-6-7-11-22(17)33-23)15-34(29,30)16-8-4-3-5-9-16/h3-5,8-9,12-14H,6-7,10-11,15H2,1-2H3,(H,27,28). The van der Waals surface area contributed by atoms with Gasteiger partial charge in [-0.1, -0.05) is 18.2 Å². The molecule has 0 saturated carbocycles. The van der Waals surface area contributed by atoms with E-state index in [9.17, 15) is 13.2 Å². The number of amides is 1. The van der Waals surface area contributed by atoms with E-state index in [4.69, 9.17) is 13.9 Å². The highest BCUT2D eigenvalue weighted by Gasteiger charge is 2.30. The van der Waals surface area contributed by atoms with Crippen molar-refractivity contribution in [2.24, 2.45) is 0 Å². The van der Waals surface area contributed by atoms with E-state index < -0.39 is 9.84 Å². The van der Waals surface area contributed by atoms with Crippen LogP contribution in [-0.4, -0.2) is 28.5 Å². The first-order chi connectivity index (χ1) is 16.4. The summed E-state index contributed by atoms with van der Waals surface area (Å²) in [7, 11) is -0.528. The van der Waals surface area contributed by atoms with Gasteiger partial charge in [0.2, 0.25) is 0 Å². The fourth-order valence-corrected chi connectivity index (χ4v) is 6.06. The molecule has 0 atom stereocenters. The number of fused-ring (bicyclic) bond motifs is 2. The maximum Gasteiger partial charge on any atom is 0.256 e. The van der Waals surface area contributed by atoms with Gasteiger partial charge in [0.15, 0.2) is 21.3 Å². The normalized spacial score (nSPS) is 16.2. The summed E-state index contributed by atoms with van der Waals surface area (Å²) in [5, 5.41) is 2.85. The molecule has 0 spiro atoms. The van der Waals surface area contributed by atoms with E-state index in [0.29, 0.717) is 39.6 Å². The monoisotopic (exact) mass is 479 g/mol. The van der Waals surface area contributed by atoms with Crippen LogP contribution in [0.1, 0.15) is 41.1 Å². The fraction of sp³-hybridized carbons (Fsp3) is 0.269. The number of ether oxygens (including phenoxy) is 2. The predicted molar refractivity (Wildman–Crippen MR) is 129 cm³/mol. The number of aryl methyl sites for hydroxylation is 1. The molecule has 0 bridgehead atoms. The van der Waals surface area contributed by atoms with Crippen molar-refractivity contribution in [2.75, 3.05) is 19.5 Å². The number of rotatable bonds is 6. The summed E-state index contributed by atoms with van der Waals surface area (Å²) in [5.74, 6) is 1.74. The molecule has 0 saturated heterocycles. The Morgan fingerprint density at radius 1 is 1.03 bits per heavy atom. The first-order valence-electron chi connectivity index (χ1n) is 11.1. The van der Waals surface area contributed by atoms with Crippen LogP contribution in [0.25, 0.3) is 11.6 Å². The van der Waals surface area contributed by atoms with Crippen molar-refractivity contribution < 1.29 is 27.1 Å². The fourth-order valence-electron chi connectivity index (χ4n) is 4.62. The number of anilines is 1.